The predicted octanol–water partition coefficient (Wildman–Crippen LogP) is 2.01. The average Bonchev–Trinajstić information content (AvgIpc) is 2.08. The van der Waals surface area contributed by atoms with Crippen LogP contribution < -0.4 is 4.74 Å². The largest absolute Gasteiger partial charge is 0.511 e. The Hall–Kier alpha value is -1.71. The number of phenolic OH excluding ortho intramolecular Hbond substituents is 1. The van der Waals surface area contributed by atoms with Gasteiger partial charge in [-0.1, -0.05) is 13.0 Å². The number of aryl methyl sites for hydroxylation is 1. The van der Waals surface area contributed by atoms with E-state index in [0.29, 0.717) is 0 Å². The van der Waals surface area contributed by atoms with E-state index in [4.69, 9.17) is 5.11 Å². The molecule has 0 atom stereocenters. The Morgan fingerprint density at radius 1 is 1.54 bits per heavy atom. The van der Waals surface area contributed by atoms with Crippen LogP contribution in [0.3, 0.4) is 0 Å². The molecule has 0 aliphatic carbocycles. The van der Waals surface area contributed by atoms with Crippen LogP contribution in [0.4, 0.5) is 4.79 Å². The van der Waals surface area contributed by atoms with E-state index in [1.54, 1.807) is 6.07 Å². The number of rotatable bonds is 2. The molecule has 0 heterocycles. The average molecular weight is 182 g/mol. The van der Waals surface area contributed by atoms with Crippen LogP contribution in [0, 0.1) is 0 Å². The standard InChI is InChI=1S/C9H10O4/c1-2-6-3-4-8(7(10)5-6)13-9(11)12/h3-5,10H,2H2,1H3,(H,11,12). The quantitative estimate of drug-likeness (QED) is 0.542. The Morgan fingerprint density at radius 3 is 2.69 bits per heavy atom. The molecule has 0 amide bonds. The Bertz CT molecular complexity index is 319. The predicted molar refractivity (Wildman–Crippen MR) is 46.1 cm³/mol. The molecule has 0 radical (unpaired) electrons. The SMILES string of the molecule is CCc1ccc(OC(=O)O)c(O)c1. The fourth-order valence-electron chi connectivity index (χ4n) is 0.963. The highest BCUT2D eigenvalue weighted by atomic mass is 16.7. The molecule has 0 aliphatic heterocycles. The topological polar surface area (TPSA) is 66.8 Å². The third-order valence-electron chi connectivity index (χ3n) is 1.63. The number of phenols is 1. The smallest absolute Gasteiger partial charge is 0.504 e. The maximum absolute atomic E-state index is 10.1. The summed E-state index contributed by atoms with van der Waals surface area (Å²) in [5.41, 5.74) is 0.926. The molecule has 0 saturated heterocycles. The normalized spacial score (nSPS) is 9.62. The van der Waals surface area contributed by atoms with Gasteiger partial charge in [-0.05, 0) is 24.1 Å². The second-order valence-electron chi connectivity index (χ2n) is 2.52. The minimum absolute atomic E-state index is 0.0373. The number of aromatic hydroxyl groups is 1. The van der Waals surface area contributed by atoms with Crippen molar-refractivity contribution >= 4 is 6.16 Å². The Labute approximate surface area is 75.4 Å². The number of benzene rings is 1. The number of hydrogen-bond acceptors (Lipinski definition) is 3. The highest BCUT2D eigenvalue weighted by Crippen LogP contribution is 2.26. The Balaban J connectivity index is 2.91. The van der Waals surface area contributed by atoms with Crippen molar-refractivity contribution in [3.8, 4) is 11.5 Å². The summed E-state index contributed by atoms with van der Waals surface area (Å²) in [6.07, 6.45) is -0.652. The molecule has 0 spiro atoms. The van der Waals surface area contributed by atoms with Crippen molar-refractivity contribution in [2.24, 2.45) is 0 Å². The van der Waals surface area contributed by atoms with Crippen molar-refractivity contribution in [1.29, 1.82) is 0 Å². The summed E-state index contributed by atoms with van der Waals surface area (Å²) in [6.45, 7) is 1.94. The number of carbonyl (C=O) groups is 1. The lowest BCUT2D eigenvalue weighted by Gasteiger charge is -2.03. The zero-order valence-electron chi connectivity index (χ0n) is 7.15. The van der Waals surface area contributed by atoms with Crippen molar-refractivity contribution in [3.05, 3.63) is 23.8 Å². The molecular formula is C9H10O4. The molecule has 0 saturated carbocycles. The van der Waals surface area contributed by atoms with Crippen LogP contribution in [0.25, 0.3) is 0 Å². The first-order valence-electron chi connectivity index (χ1n) is 3.86. The Kier molecular flexibility index (Phi) is 2.74. The van der Waals surface area contributed by atoms with Crippen molar-refractivity contribution < 1.29 is 19.7 Å². The molecule has 0 aliphatic rings. The van der Waals surface area contributed by atoms with Gasteiger partial charge < -0.3 is 14.9 Å². The van der Waals surface area contributed by atoms with Gasteiger partial charge in [-0.2, -0.15) is 0 Å². The molecule has 70 valence electrons. The van der Waals surface area contributed by atoms with Gasteiger partial charge in [0.05, 0.1) is 0 Å². The molecule has 0 unspecified atom stereocenters. The van der Waals surface area contributed by atoms with Crippen molar-refractivity contribution in [3.63, 3.8) is 0 Å². The molecule has 1 aromatic carbocycles. The highest BCUT2D eigenvalue weighted by molar-refractivity contribution is 5.63. The van der Waals surface area contributed by atoms with Gasteiger partial charge in [-0.3, -0.25) is 0 Å². The fourth-order valence-corrected chi connectivity index (χ4v) is 0.963. The number of ether oxygens (including phenoxy) is 1. The molecule has 0 fully saturated rings. The lowest BCUT2D eigenvalue weighted by molar-refractivity contribution is 0.143. The van der Waals surface area contributed by atoms with Crippen LogP contribution in [0.5, 0.6) is 11.5 Å². The second-order valence-corrected chi connectivity index (χ2v) is 2.52. The Morgan fingerprint density at radius 2 is 2.23 bits per heavy atom. The van der Waals surface area contributed by atoms with Crippen LogP contribution in [-0.4, -0.2) is 16.4 Å². The maximum Gasteiger partial charge on any atom is 0.511 e. The van der Waals surface area contributed by atoms with Crippen molar-refractivity contribution in [2.75, 3.05) is 0 Å². The first-order chi connectivity index (χ1) is 6.13. The van der Waals surface area contributed by atoms with E-state index in [0.717, 1.165) is 12.0 Å². The van der Waals surface area contributed by atoms with Crippen LogP contribution in [-0.2, 0) is 6.42 Å². The van der Waals surface area contributed by atoms with Gasteiger partial charge in [-0.15, -0.1) is 0 Å². The first-order valence-corrected chi connectivity index (χ1v) is 3.86. The van der Waals surface area contributed by atoms with Gasteiger partial charge in [0.2, 0.25) is 0 Å². The summed E-state index contributed by atoms with van der Waals surface area (Å²) in [4.78, 5) is 10.1. The van der Waals surface area contributed by atoms with Gasteiger partial charge in [0, 0.05) is 0 Å². The third-order valence-corrected chi connectivity index (χ3v) is 1.63. The summed E-state index contributed by atoms with van der Waals surface area (Å²) < 4.78 is 4.31. The summed E-state index contributed by atoms with van der Waals surface area (Å²) in [6, 6.07) is 4.62. The molecule has 1 aromatic rings. The van der Waals surface area contributed by atoms with E-state index in [2.05, 4.69) is 4.74 Å². The van der Waals surface area contributed by atoms with E-state index in [-0.39, 0.29) is 11.5 Å². The first kappa shape index (κ1) is 9.38. The summed E-state index contributed by atoms with van der Waals surface area (Å²) in [5.74, 6) is -0.188. The van der Waals surface area contributed by atoms with Gasteiger partial charge in [0.25, 0.3) is 0 Å². The maximum atomic E-state index is 10.1. The zero-order valence-corrected chi connectivity index (χ0v) is 7.15. The number of carboxylic acid groups (broad SMARTS) is 1. The molecule has 4 heteroatoms. The lowest BCUT2D eigenvalue weighted by Crippen LogP contribution is -2.03. The van der Waals surface area contributed by atoms with Gasteiger partial charge in [0.1, 0.15) is 0 Å². The van der Waals surface area contributed by atoms with Crippen LogP contribution >= 0.6 is 0 Å². The van der Waals surface area contributed by atoms with E-state index in [1.165, 1.54) is 12.1 Å². The van der Waals surface area contributed by atoms with E-state index >= 15 is 0 Å². The fraction of sp³-hybridized carbons (Fsp3) is 0.222. The summed E-state index contributed by atoms with van der Waals surface area (Å²) in [7, 11) is 0. The minimum Gasteiger partial charge on any atom is -0.504 e. The minimum atomic E-state index is -1.43. The monoisotopic (exact) mass is 182 g/mol. The van der Waals surface area contributed by atoms with Crippen molar-refractivity contribution in [2.45, 2.75) is 13.3 Å². The molecular weight excluding hydrogens is 172 g/mol. The third kappa shape index (κ3) is 2.37. The molecule has 13 heavy (non-hydrogen) atoms. The molecule has 0 aromatic heterocycles. The molecule has 4 nitrogen and oxygen atoms in total. The van der Waals surface area contributed by atoms with Crippen LogP contribution in [0.1, 0.15) is 12.5 Å². The van der Waals surface area contributed by atoms with Gasteiger partial charge in [-0.25, -0.2) is 4.79 Å². The van der Waals surface area contributed by atoms with E-state index in [9.17, 15) is 9.90 Å². The van der Waals surface area contributed by atoms with Gasteiger partial charge in [0.15, 0.2) is 11.5 Å². The van der Waals surface area contributed by atoms with E-state index < -0.39 is 6.16 Å². The highest BCUT2D eigenvalue weighted by Gasteiger charge is 2.06. The van der Waals surface area contributed by atoms with E-state index in [1.807, 2.05) is 6.92 Å². The van der Waals surface area contributed by atoms with Gasteiger partial charge >= 0.3 is 6.16 Å². The number of hydrogen-bond donors (Lipinski definition) is 2. The second kappa shape index (κ2) is 3.80. The lowest BCUT2D eigenvalue weighted by atomic mass is 10.1. The summed E-state index contributed by atoms with van der Waals surface area (Å²) in [5, 5.41) is 17.6. The molecule has 1 rings (SSSR count). The zero-order chi connectivity index (χ0) is 9.84. The van der Waals surface area contributed by atoms with Crippen LogP contribution in [0.2, 0.25) is 0 Å². The van der Waals surface area contributed by atoms with Crippen LogP contribution in [0.15, 0.2) is 18.2 Å². The molecule has 2 N–H and O–H groups in total. The molecule has 0 bridgehead atoms. The van der Waals surface area contributed by atoms with Crippen molar-refractivity contribution in [1.82, 2.24) is 0 Å². The summed E-state index contributed by atoms with van der Waals surface area (Å²) >= 11 is 0.